The highest BCUT2D eigenvalue weighted by Crippen LogP contribution is 2.21. The number of ether oxygens (including phenoxy) is 2. The summed E-state index contributed by atoms with van der Waals surface area (Å²) in [5.41, 5.74) is 1.05. The third-order valence-electron chi connectivity index (χ3n) is 1.81. The first kappa shape index (κ1) is 7.71. The summed E-state index contributed by atoms with van der Waals surface area (Å²) in [5, 5.41) is 0. The lowest BCUT2D eigenvalue weighted by Crippen LogP contribution is -2.17. The number of aromatic nitrogens is 1. The number of hydrogen-bond donors (Lipinski definition) is 0. The maximum Gasteiger partial charge on any atom is 0.183 e. The highest BCUT2D eigenvalue weighted by Gasteiger charge is 2.15. The van der Waals surface area contributed by atoms with Crippen LogP contribution in [0.25, 0.3) is 0 Å². The van der Waals surface area contributed by atoms with Crippen molar-refractivity contribution in [2.75, 3.05) is 13.2 Å². The summed E-state index contributed by atoms with van der Waals surface area (Å²) in [6.07, 6.45) is 4.30. The van der Waals surface area contributed by atoms with Gasteiger partial charge in [-0.05, 0) is 18.6 Å². The lowest BCUT2D eigenvalue weighted by molar-refractivity contribution is -0.183. The normalized spacial score (nSPS) is 19.3. The number of nitrogens with zero attached hydrogens (tertiary/aromatic N) is 1. The molecule has 2 heterocycles. The molecular weight excluding hydrogens is 154 g/mol. The molecule has 0 radical (unpaired) electrons. The zero-order valence-electron chi connectivity index (χ0n) is 6.77. The van der Waals surface area contributed by atoms with E-state index in [0.29, 0.717) is 0 Å². The van der Waals surface area contributed by atoms with Gasteiger partial charge in [-0.1, -0.05) is 0 Å². The van der Waals surface area contributed by atoms with Crippen LogP contribution in [0.1, 0.15) is 18.3 Å². The molecule has 0 N–H and O–H groups in total. The minimum Gasteiger partial charge on any atom is -0.348 e. The van der Waals surface area contributed by atoms with Crippen molar-refractivity contribution in [3.63, 3.8) is 0 Å². The van der Waals surface area contributed by atoms with E-state index in [1.54, 1.807) is 12.4 Å². The van der Waals surface area contributed by atoms with Gasteiger partial charge in [0.05, 0.1) is 13.2 Å². The van der Waals surface area contributed by atoms with Crippen LogP contribution in [0.3, 0.4) is 0 Å². The Labute approximate surface area is 71.3 Å². The Morgan fingerprint density at radius 3 is 2.50 bits per heavy atom. The van der Waals surface area contributed by atoms with Crippen molar-refractivity contribution in [2.45, 2.75) is 12.7 Å². The molecule has 1 fully saturated rings. The zero-order valence-corrected chi connectivity index (χ0v) is 6.77. The molecule has 0 aromatic carbocycles. The van der Waals surface area contributed by atoms with Crippen LogP contribution in [-0.4, -0.2) is 18.2 Å². The van der Waals surface area contributed by atoms with Crippen molar-refractivity contribution in [2.24, 2.45) is 0 Å². The molecule has 2 rings (SSSR count). The fraction of sp³-hybridized carbons (Fsp3) is 0.444. The average molecular weight is 165 g/mol. The van der Waals surface area contributed by atoms with Crippen LogP contribution < -0.4 is 0 Å². The molecule has 3 heteroatoms. The lowest BCUT2D eigenvalue weighted by Gasteiger charge is -2.23. The van der Waals surface area contributed by atoms with Crippen LogP contribution >= 0.6 is 0 Å². The number of rotatable bonds is 1. The predicted molar refractivity (Wildman–Crippen MR) is 43.5 cm³/mol. The molecule has 1 aliphatic heterocycles. The second-order valence-electron chi connectivity index (χ2n) is 2.71. The monoisotopic (exact) mass is 165 g/mol. The standard InChI is InChI=1S/C9H11NO2/c1-6-11-9(12-7-1)8-2-4-10-5-3-8/h2-5,9H,1,6-7H2. The summed E-state index contributed by atoms with van der Waals surface area (Å²) in [6.45, 7) is 1.57. The maximum atomic E-state index is 5.41. The van der Waals surface area contributed by atoms with Gasteiger partial charge >= 0.3 is 0 Å². The Morgan fingerprint density at radius 2 is 1.83 bits per heavy atom. The number of hydrogen-bond acceptors (Lipinski definition) is 3. The first-order valence-electron chi connectivity index (χ1n) is 4.10. The van der Waals surface area contributed by atoms with Crippen molar-refractivity contribution in [1.29, 1.82) is 0 Å². The molecule has 3 nitrogen and oxygen atoms in total. The zero-order chi connectivity index (χ0) is 8.23. The van der Waals surface area contributed by atoms with Crippen LogP contribution in [0.15, 0.2) is 24.5 Å². The van der Waals surface area contributed by atoms with E-state index in [9.17, 15) is 0 Å². The van der Waals surface area contributed by atoms with E-state index in [-0.39, 0.29) is 6.29 Å². The highest BCUT2D eigenvalue weighted by atomic mass is 16.7. The van der Waals surface area contributed by atoms with Gasteiger partial charge in [0.1, 0.15) is 0 Å². The third kappa shape index (κ3) is 1.62. The molecule has 0 aliphatic carbocycles. The van der Waals surface area contributed by atoms with Gasteiger partial charge in [0.15, 0.2) is 6.29 Å². The van der Waals surface area contributed by atoms with Crippen LogP contribution in [0.4, 0.5) is 0 Å². The van der Waals surface area contributed by atoms with Gasteiger partial charge < -0.3 is 9.47 Å². The van der Waals surface area contributed by atoms with Crippen molar-refractivity contribution in [1.82, 2.24) is 4.98 Å². The summed E-state index contributed by atoms with van der Waals surface area (Å²) in [5.74, 6) is 0. The van der Waals surface area contributed by atoms with Crippen molar-refractivity contribution >= 4 is 0 Å². The van der Waals surface area contributed by atoms with Gasteiger partial charge in [-0.3, -0.25) is 4.98 Å². The highest BCUT2D eigenvalue weighted by molar-refractivity contribution is 5.11. The van der Waals surface area contributed by atoms with E-state index < -0.39 is 0 Å². The summed E-state index contributed by atoms with van der Waals surface area (Å²) in [7, 11) is 0. The van der Waals surface area contributed by atoms with Crippen molar-refractivity contribution in [3.05, 3.63) is 30.1 Å². The van der Waals surface area contributed by atoms with Crippen molar-refractivity contribution < 1.29 is 9.47 Å². The van der Waals surface area contributed by atoms with Crippen LogP contribution in [-0.2, 0) is 9.47 Å². The summed E-state index contributed by atoms with van der Waals surface area (Å²) >= 11 is 0. The molecule has 1 saturated heterocycles. The Morgan fingerprint density at radius 1 is 1.17 bits per heavy atom. The van der Waals surface area contributed by atoms with Gasteiger partial charge in [0.25, 0.3) is 0 Å². The molecule has 1 aliphatic rings. The minimum atomic E-state index is -0.179. The Hall–Kier alpha value is -0.930. The van der Waals surface area contributed by atoms with Gasteiger partial charge in [-0.25, -0.2) is 0 Å². The molecule has 0 unspecified atom stereocenters. The molecule has 0 bridgehead atoms. The molecule has 1 aromatic heterocycles. The van der Waals surface area contributed by atoms with E-state index in [0.717, 1.165) is 25.2 Å². The summed E-state index contributed by atoms with van der Waals surface area (Å²) in [6, 6.07) is 3.83. The first-order chi connectivity index (χ1) is 5.97. The predicted octanol–water partition coefficient (Wildman–Crippen LogP) is 1.52. The van der Waals surface area contributed by atoms with Crippen LogP contribution in [0.2, 0.25) is 0 Å². The molecule has 0 saturated carbocycles. The van der Waals surface area contributed by atoms with Gasteiger partial charge in [0, 0.05) is 18.0 Å². The minimum absolute atomic E-state index is 0.179. The Bertz CT molecular complexity index is 232. The van der Waals surface area contributed by atoms with E-state index in [4.69, 9.17) is 9.47 Å². The lowest BCUT2D eigenvalue weighted by atomic mass is 10.2. The first-order valence-corrected chi connectivity index (χ1v) is 4.10. The SMILES string of the molecule is c1cc(C2OCCCO2)ccn1. The average Bonchev–Trinajstić information content (AvgIpc) is 2.21. The molecule has 0 spiro atoms. The molecule has 12 heavy (non-hydrogen) atoms. The molecule has 0 atom stereocenters. The van der Waals surface area contributed by atoms with Gasteiger partial charge in [-0.2, -0.15) is 0 Å². The summed E-state index contributed by atoms with van der Waals surface area (Å²) < 4.78 is 10.8. The van der Waals surface area contributed by atoms with E-state index in [2.05, 4.69) is 4.98 Å². The second kappa shape index (κ2) is 3.65. The van der Waals surface area contributed by atoms with E-state index >= 15 is 0 Å². The van der Waals surface area contributed by atoms with E-state index in [1.807, 2.05) is 12.1 Å². The summed E-state index contributed by atoms with van der Waals surface area (Å²) in [4.78, 5) is 3.93. The fourth-order valence-electron chi connectivity index (χ4n) is 1.20. The van der Waals surface area contributed by atoms with Crippen LogP contribution in [0, 0.1) is 0 Å². The molecule has 64 valence electrons. The van der Waals surface area contributed by atoms with Crippen LogP contribution in [0.5, 0.6) is 0 Å². The smallest absolute Gasteiger partial charge is 0.183 e. The Balaban J connectivity index is 2.08. The topological polar surface area (TPSA) is 31.4 Å². The van der Waals surface area contributed by atoms with E-state index in [1.165, 1.54) is 0 Å². The fourth-order valence-corrected chi connectivity index (χ4v) is 1.20. The van der Waals surface area contributed by atoms with Gasteiger partial charge in [-0.15, -0.1) is 0 Å². The molecule has 0 amide bonds. The molecule has 1 aromatic rings. The quantitative estimate of drug-likeness (QED) is 0.632. The van der Waals surface area contributed by atoms with Gasteiger partial charge in [0.2, 0.25) is 0 Å². The number of pyridine rings is 1. The Kier molecular flexibility index (Phi) is 2.34. The second-order valence-corrected chi connectivity index (χ2v) is 2.71. The third-order valence-corrected chi connectivity index (χ3v) is 1.81. The maximum absolute atomic E-state index is 5.41. The van der Waals surface area contributed by atoms with Crippen molar-refractivity contribution in [3.8, 4) is 0 Å². The molecular formula is C9H11NO2. The largest absolute Gasteiger partial charge is 0.348 e.